The van der Waals surface area contributed by atoms with Gasteiger partial charge in [0.05, 0.1) is 10.7 Å². The Morgan fingerprint density at radius 3 is 2.42 bits per heavy atom. The summed E-state index contributed by atoms with van der Waals surface area (Å²) in [6, 6.07) is 6.71. The summed E-state index contributed by atoms with van der Waals surface area (Å²) in [6.45, 7) is 0. The van der Waals surface area contributed by atoms with Crippen molar-refractivity contribution in [1.29, 1.82) is 0 Å². The van der Waals surface area contributed by atoms with Crippen LogP contribution in [0.25, 0.3) is 0 Å². The van der Waals surface area contributed by atoms with Gasteiger partial charge in [0, 0.05) is 17.3 Å². The van der Waals surface area contributed by atoms with Gasteiger partial charge in [-0.2, -0.15) is 0 Å². The molecule has 1 aromatic heterocycles. The van der Waals surface area contributed by atoms with Gasteiger partial charge in [-0.3, -0.25) is 9.52 Å². The van der Waals surface area contributed by atoms with E-state index in [4.69, 9.17) is 23.2 Å². The van der Waals surface area contributed by atoms with E-state index < -0.39 is 10.0 Å². The second-order valence-corrected chi connectivity index (χ2v) is 6.14. The van der Waals surface area contributed by atoms with Crippen LogP contribution in [0.3, 0.4) is 0 Å². The Morgan fingerprint density at radius 2 is 1.84 bits per heavy atom. The van der Waals surface area contributed by atoms with Crippen LogP contribution < -0.4 is 10.3 Å². The first-order valence-corrected chi connectivity index (χ1v) is 7.29. The number of halogens is 2. The first-order valence-electron chi connectivity index (χ1n) is 5.05. The van der Waals surface area contributed by atoms with Crippen molar-refractivity contribution in [2.45, 2.75) is 4.90 Å². The molecule has 1 aromatic carbocycles. The van der Waals surface area contributed by atoms with Gasteiger partial charge in [0.15, 0.2) is 0 Å². The number of aromatic nitrogens is 1. The zero-order valence-electron chi connectivity index (χ0n) is 9.35. The topological polar surface area (TPSA) is 79.0 Å². The van der Waals surface area contributed by atoms with Crippen molar-refractivity contribution in [1.82, 2.24) is 4.98 Å². The first kappa shape index (κ1) is 13.9. The molecule has 1 heterocycles. The molecule has 0 atom stereocenters. The van der Waals surface area contributed by atoms with Crippen LogP contribution in [0, 0.1) is 0 Å². The van der Waals surface area contributed by atoms with Crippen LogP contribution in [0.1, 0.15) is 0 Å². The van der Waals surface area contributed by atoms with E-state index in [0.29, 0.717) is 5.02 Å². The lowest BCUT2D eigenvalue weighted by atomic mass is 10.3. The van der Waals surface area contributed by atoms with Crippen LogP contribution in [-0.2, 0) is 10.0 Å². The number of hydrogen-bond acceptors (Lipinski definition) is 3. The van der Waals surface area contributed by atoms with Gasteiger partial charge in [0.25, 0.3) is 10.0 Å². The van der Waals surface area contributed by atoms with E-state index in [1.807, 2.05) is 0 Å². The van der Waals surface area contributed by atoms with Gasteiger partial charge >= 0.3 is 0 Å². The molecule has 0 radical (unpaired) electrons. The number of rotatable bonds is 3. The summed E-state index contributed by atoms with van der Waals surface area (Å²) in [6.07, 6.45) is 1.11. The monoisotopic (exact) mass is 318 g/mol. The zero-order valence-corrected chi connectivity index (χ0v) is 11.7. The number of benzene rings is 1. The summed E-state index contributed by atoms with van der Waals surface area (Å²) < 4.78 is 26.4. The van der Waals surface area contributed by atoms with E-state index in [9.17, 15) is 13.2 Å². The van der Waals surface area contributed by atoms with Gasteiger partial charge < -0.3 is 4.98 Å². The smallest absolute Gasteiger partial charge is 0.263 e. The van der Waals surface area contributed by atoms with Gasteiger partial charge in [-0.05, 0) is 24.3 Å². The fraction of sp³-hybridized carbons (Fsp3) is 0. The number of sulfonamides is 1. The van der Waals surface area contributed by atoms with Gasteiger partial charge in [-0.15, -0.1) is 0 Å². The maximum atomic E-state index is 12.0. The second-order valence-electron chi connectivity index (χ2n) is 3.62. The summed E-state index contributed by atoms with van der Waals surface area (Å²) >= 11 is 11.6. The molecule has 5 nitrogen and oxygen atoms in total. The van der Waals surface area contributed by atoms with E-state index >= 15 is 0 Å². The first-order chi connectivity index (χ1) is 8.88. The highest BCUT2D eigenvalue weighted by molar-refractivity contribution is 7.92. The number of H-pyrrole nitrogens is 1. The SMILES string of the molecule is O=c1ccc(S(=O)(=O)Nc2ccc(Cl)cc2Cl)c[nH]1. The highest BCUT2D eigenvalue weighted by Crippen LogP contribution is 2.27. The predicted molar refractivity (Wildman–Crippen MR) is 74.3 cm³/mol. The predicted octanol–water partition coefficient (Wildman–Crippen LogP) is 2.48. The molecule has 19 heavy (non-hydrogen) atoms. The summed E-state index contributed by atoms with van der Waals surface area (Å²) in [5, 5.41) is 0.581. The summed E-state index contributed by atoms with van der Waals surface area (Å²) in [5.41, 5.74) is -0.180. The van der Waals surface area contributed by atoms with Crippen molar-refractivity contribution in [2.75, 3.05) is 4.72 Å². The fourth-order valence-electron chi connectivity index (χ4n) is 1.34. The Balaban J connectivity index is 2.36. The van der Waals surface area contributed by atoms with Crippen molar-refractivity contribution in [2.24, 2.45) is 0 Å². The molecule has 8 heteroatoms. The quantitative estimate of drug-likeness (QED) is 0.912. The van der Waals surface area contributed by atoms with Crippen LogP contribution in [0.15, 0.2) is 46.2 Å². The molecule has 0 aliphatic carbocycles. The van der Waals surface area contributed by atoms with E-state index in [2.05, 4.69) is 9.71 Å². The lowest BCUT2D eigenvalue weighted by molar-refractivity contribution is 0.600. The fourth-order valence-corrected chi connectivity index (χ4v) is 2.90. The van der Waals surface area contributed by atoms with Crippen LogP contribution >= 0.6 is 23.2 Å². The molecule has 0 spiro atoms. The van der Waals surface area contributed by atoms with Gasteiger partial charge in [-0.1, -0.05) is 23.2 Å². The minimum atomic E-state index is -3.81. The molecular formula is C11H8Cl2N2O3S. The molecule has 0 amide bonds. The molecular weight excluding hydrogens is 311 g/mol. The highest BCUT2D eigenvalue weighted by Gasteiger charge is 2.15. The highest BCUT2D eigenvalue weighted by atomic mass is 35.5. The average molecular weight is 319 g/mol. The molecule has 0 fully saturated rings. The third kappa shape index (κ3) is 3.28. The average Bonchev–Trinajstić information content (AvgIpc) is 2.33. The van der Waals surface area contributed by atoms with Crippen molar-refractivity contribution in [3.63, 3.8) is 0 Å². The maximum Gasteiger partial charge on any atom is 0.263 e. The lowest BCUT2D eigenvalue weighted by Gasteiger charge is -2.09. The zero-order chi connectivity index (χ0) is 14.0. The molecule has 100 valence electrons. The largest absolute Gasteiger partial charge is 0.328 e. The molecule has 0 aliphatic rings. The molecule has 0 unspecified atom stereocenters. The van der Waals surface area contributed by atoms with E-state index in [-0.39, 0.29) is 21.2 Å². The van der Waals surface area contributed by atoms with Crippen molar-refractivity contribution in [3.05, 3.63) is 56.9 Å². The molecule has 0 bridgehead atoms. The molecule has 2 aromatic rings. The Morgan fingerprint density at radius 1 is 1.11 bits per heavy atom. The van der Waals surface area contributed by atoms with E-state index in [1.165, 1.54) is 24.3 Å². The normalized spacial score (nSPS) is 11.3. The summed E-state index contributed by atoms with van der Waals surface area (Å²) in [4.78, 5) is 13.1. The number of hydrogen-bond donors (Lipinski definition) is 2. The minimum Gasteiger partial charge on any atom is -0.328 e. The van der Waals surface area contributed by atoms with Gasteiger partial charge in [0.2, 0.25) is 5.56 Å². The van der Waals surface area contributed by atoms with E-state index in [1.54, 1.807) is 0 Å². The molecule has 0 saturated carbocycles. The number of anilines is 1. The van der Waals surface area contributed by atoms with Crippen molar-refractivity contribution >= 4 is 38.9 Å². The summed E-state index contributed by atoms with van der Waals surface area (Å²) in [5.74, 6) is 0. The lowest BCUT2D eigenvalue weighted by Crippen LogP contribution is -2.15. The molecule has 2 N–H and O–H groups in total. The van der Waals surface area contributed by atoms with Gasteiger partial charge in [-0.25, -0.2) is 8.42 Å². The van der Waals surface area contributed by atoms with Crippen LogP contribution in [0.2, 0.25) is 10.0 Å². The Labute approximate surface area is 119 Å². The summed E-state index contributed by atoms with van der Waals surface area (Å²) in [7, 11) is -3.81. The van der Waals surface area contributed by atoms with Crippen molar-refractivity contribution < 1.29 is 8.42 Å². The standard InChI is InChI=1S/C11H8Cl2N2O3S/c12-7-1-3-10(9(13)5-7)15-19(17,18)8-2-4-11(16)14-6-8/h1-6,15H,(H,14,16). The molecule has 0 aliphatic heterocycles. The number of pyridine rings is 1. The van der Waals surface area contributed by atoms with Gasteiger partial charge in [0.1, 0.15) is 4.90 Å². The number of aromatic amines is 1. The van der Waals surface area contributed by atoms with E-state index in [0.717, 1.165) is 12.3 Å². The molecule has 2 rings (SSSR count). The maximum absolute atomic E-state index is 12.0. The van der Waals surface area contributed by atoms with Crippen LogP contribution in [0.4, 0.5) is 5.69 Å². The second kappa shape index (κ2) is 5.24. The Kier molecular flexibility index (Phi) is 3.84. The van der Waals surface area contributed by atoms with Crippen LogP contribution in [-0.4, -0.2) is 13.4 Å². The molecule has 0 saturated heterocycles. The van der Waals surface area contributed by atoms with Crippen molar-refractivity contribution in [3.8, 4) is 0 Å². The van der Waals surface area contributed by atoms with Crippen LogP contribution in [0.5, 0.6) is 0 Å². The minimum absolute atomic E-state index is 0.0712. The Bertz CT molecular complexity index is 751. The third-order valence-electron chi connectivity index (χ3n) is 2.24. The Hall–Kier alpha value is -1.50. The number of nitrogens with one attached hydrogen (secondary N) is 2. The third-order valence-corrected chi connectivity index (χ3v) is 4.15.